The predicted molar refractivity (Wildman–Crippen MR) is 80.4 cm³/mol. The van der Waals surface area contributed by atoms with Gasteiger partial charge in [0.05, 0.1) is 0 Å². The van der Waals surface area contributed by atoms with Gasteiger partial charge in [-0.3, -0.25) is 9.59 Å². The van der Waals surface area contributed by atoms with E-state index in [-0.39, 0.29) is 17.9 Å². The standard InChI is InChI=1S/C16H23N3O3/c1-10(18-11(2)20)12-5-7-19(8-6-12)16(21)14-15(13-3-4-13)22-9-17-14/h9-10,12-13H,3-8H2,1-2H3,(H,18,20). The number of oxazole rings is 1. The largest absolute Gasteiger partial charge is 0.447 e. The summed E-state index contributed by atoms with van der Waals surface area (Å²) in [6.45, 7) is 5.00. The third-order valence-corrected chi connectivity index (χ3v) is 4.71. The zero-order chi connectivity index (χ0) is 15.7. The second kappa shape index (κ2) is 6.10. The summed E-state index contributed by atoms with van der Waals surface area (Å²) in [6, 6.07) is 0.156. The van der Waals surface area contributed by atoms with Gasteiger partial charge in [0.15, 0.2) is 12.1 Å². The molecule has 1 saturated carbocycles. The molecule has 1 aromatic heterocycles. The molecule has 1 unspecified atom stereocenters. The van der Waals surface area contributed by atoms with E-state index in [4.69, 9.17) is 4.42 Å². The molecule has 6 heteroatoms. The molecule has 0 spiro atoms. The fraction of sp³-hybridized carbons (Fsp3) is 0.688. The summed E-state index contributed by atoms with van der Waals surface area (Å²) >= 11 is 0. The molecule has 1 saturated heterocycles. The van der Waals surface area contributed by atoms with Gasteiger partial charge in [0.2, 0.25) is 5.91 Å². The Kier molecular flexibility index (Phi) is 4.18. The first kappa shape index (κ1) is 15.1. The number of carbonyl (C=O) groups is 2. The summed E-state index contributed by atoms with van der Waals surface area (Å²) in [4.78, 5) is 29.7. The minimum Gasteiger partial charge on any atom is -0.447 e. The summed E-state index contributed by atoms with van der Waals surface area (Å²) in [5.74, 6) is 1.56. The van der Waals surface area contributed by atoms with Crippen molar-refractivity contribution in [3.8, 4) is 0 Å². The second-order valence-electron chi connectivity index (χ2n) is 6.46. The molecule has 2 fully saturated rings. The number of likely N-dealkylation sites (tertiary alicyclic amines) is 1. The summed E-state index contributed by atoms with van der Waals surface area (Å²) in [5, 5.41) is 2.95. The van der Waals surface area contributed by atoms with Gasteiger partial charge in [0.1, 0.15) is 5.76 Å². The molecule has 6 nitrogen and oxygen atoms in total. The lowest BCUT2D eigenvalue weighted by atomic mass is 9.90. The normalized spacial score (nSPS) is 20.7. The number of hydrogen-bond acceptors (Lipinski definition) is 4. The van der Waals surface area contributed by atoms with Crippen molar-refractivity contribution in [3.63, 3.8) is 0 Å². The number of amides is 2. The van der Waals surface area contributed by atoms with E-state index in [2.05, 4.69) is 10.3 Å². The van der Waals surface area contributed by atoms with Crippen LogP contribution in [0.15, 0.2) is 10.8 Å². The van der Waals surface area contributed by atoms with Crippen molar-refractivity contribution in [2.45, 2.75) is 51.5 Å². The van der Waals surface area contributed by atoms with E-state index in [0.29, 0.717) is 30.6 Å². The van der Waals surface area contributed by atoms with Crippen molar-refractivity contribution < 1.29 is 14.0 Å². The Morgan fingerprint density at radius 1 is 1.32 bits per heavy atom. The second-order valence-corrected chi connectivity index (χ2v) is 6.46. The highest BCUT2D eigenvalue weighted by molar-refractivity contribution is 5.93. The fourth-order valence-corrected chi connectivity index (χ4v) is 3.24. The average Bonchev–Trinajstić information content (AvgIpc) is 3.23. The number of nitrogens with zero attached hydrogens (tertiary/aromatic N) is 2. The van der Waals surface area contributed by atoms with Crippen molar-refractivity contribution in [3.05, 3.63) is 17.8 Å². The smallest absolute Gasteiger partial charge is 0.276 e. The van der Waals surface area contributed by atoms with Gasteiger partial charge in [-0.2, -0.15) is 0 Å². The average molecular weight is 305 g/mol. The molecule has 1 aromatic rings. The van der Waals surface area contributed by atoms with Crippen molar-refractivity contribution in [2.75, 3.05) is 13.1 Å². The van der Waals surface area contributed by atoms with Crippen LogP contribution in [0.5, 0.6) is 0 Å². The zero-order valence-corrected chi connectivity index (χ0v) is 13.2. The van der Waals surface area contributed by atoms with Crippen molar-refractivity contribution in [1.82, 2.24) is 15.2 Å². The number of hydrogen-bond donors (Lipinski definition) is 1. The first-order chi connectivity index (χ1) is 10.6. The molecule has 3 rings (SSSR count). The van der Waals surface area contributed by atoms with Gasteiger partial charge in [-0.1, -0.05) is 0 Å². The molecule has 1 N–H and O–H groups in total. The van der Waals surface area contributed by atoms with E-state index in [1.165, 1.54) is 6.39 Å². The van der Waals surface area contributed by atoms with Gasteiger partial charge in [0, 0.05) is 32.0 Å². The van der Waals surface area contributed by atoms with Crippen LogP contribution in [-0.4, -0.2) is 40.8 Å². The van der Waals surface area contributed by atoms with E-state index in [9.17, 15) is 9.59 Å². The Morgan fingerprint density at radius 2 is 2.00 bits per heavy atom. The first-order valence-electron chi connectivity index (χ1n) is 8.06. The van der Waals surface area contributed by atoms with Crippen LogP contribution < -0.4 is 5.32 Å². The topological polar surface area (TPSA) is 75.4 Å². The molecule has 1 aliphatic heterocycles. The van der Waals surface area contributed by atoms with Gasteiger partial charge in [0.25, 0.3) is 5.91 Å². The lowest BCUT2D eigenvalue weighted by molar-refractivity contribution is -0.120. The number of piperidine rings is 1. The maximum atomic E-state index is 12.6. The number of aromatic nitrogens is 1. The zero-order valence-electron chi connectivity index (χ0n) is 13.2. The summed E-state index contributed by atoms with van der Waals surface area (Å²) in [7, 11) is 0. The molecule has 1 atom stereocenters. The van der Waals surface area contributed by atoms with Crippen LogP contribution in [0, 0.1) is 5.92 Å². The minimum atomic E-state index is -0.0127. The monoisotopic (exact) mass is 305 g/mol. The molecular weight excluding hydrogens is 282 g/mol. The molecule has 2 amide bonds. The van der Waals surface area contributed by atoms with Crippen molar-refractivity contribution >= 4 is 11.8 Å². The van der Waals surface area contributed by atoms with E-state index in [0.717, 1.165) is 31.4 Å². The third kappa shape index (κ3) is 3.15. The van der Waals surface area contributed by atoms with Crippen LogP contribution in [0.1, 0.15) is 61.7 Å². The highest BCUT2D eigenvalue weighted by Gasteiger charge is 2.35. The lowest BCUT2D eigenvalue weighted by Gasteiger charge is -2.34. The molecule has 1 aliphatic carbocycles. The molecule has 2 aliphatic rings. The summed E-state index contributed by atoms with van der Waals surface area (Å²) in [6.07, 6.45) is 5.37. The maximum Gasteiger partial charge on any atom is 0.276 e. The SMILES string of the molecule is CC(=O)NC(C)C1CCN(C(=O)c2ncoc2C2CC2)CC1. The van der Waals surface area contributed by atoms with Crippen molar-refractivity contribution in [2.24, 2.45) is 5.92 Å². The molecule has 120 valence electrons. The Bertz CT molecular complexity index is 557. The summed E-state index contributed by atoms with van der Waals surface area (Å²) in [5.41, 5.74) is 0.496. The van der Waals surface area contributed by atoms with Gasteiger partial charge in [-0.25, -0.2) is 4.98 Å². The predicted octanol–water partition coefficient (Wildman–Crippen LogP) is 1.93. The van der Waals surface area contributed by atoms with Gasteiger partial charge in [-0.15, -0.1) is 0 Å². The number of rotatable bonds is 4. The van der Waals surface area contributed by atoms with Crippen LogP contribution in [0.4, 0.5) is 0 Å². The highest BCUT2D eigenvalue weighted by atomic mass is 16.3. The molecule has 22 heavy (non-hydrogen) atoms. The van der Waals surface area contributed by atoms with E-state index in [1.807, 2.05) is 11.8 Å². The lowest BCUT2D eigenvalue weighted by Crippen LogP contribution is -2.45. The van der Waals surface area contributed by atoms with Gasteiger partial charge < -0.3 is 14.6 Å². The van der Waals surface area contributed by atoms with Gasteiger partial charge >= 0.3 is 0 Å². The Hall–Kier alpha value is -1.85. The van der Waals surface area contributed by atoms with Gasteiger partial charge in [-0.05, 0) is 38.5 Å². The number of carbonyl (C=O) groups excluding carboxylic acids is 2. The van der Waals surface area contributed by atoms with E-state index >= 15 is 0 Å². The van der Waals surface area contributed by atoms with E-state index in [1.54, 1.807) is 6.92 Å². The Labute approximate surface area is 130 Å². The molecule has 0 aromatic carbocycles. The highest BCUT2D eigenvalue weighted by Crippen LogP contribution is 2.41. The first-order valence-corrected chi connectivity index (χ1v) is 8.06. The number of nitrogens with one attached hydrogen (secondary N) is 1. The molecule has 2 heterocycles. The maximum absolute atomic E-state index is 12.6. The van der Waals surface area contributed by atoms with E-state index < -0.39 is 0 Å². The molecule has 0 radical (unpaired) electrons. The Balaban J connectivity index is 1.58. The van der Waals surface area contributed by atoms with Crippen LogP contribution in [-0.2, 0) is 4.79 Å². The third-order valence-electron chi connectivity index (χ3n) is 4.71. The van der Waals surface area contributed by atoms with Crippen LogP contribution >= 0.6 is 0 Å². The molecule has 0 bridgehead atoms. The Morgan fingerprint density at radius 3 is 2.59 bits per heavy atom. The van der Waals surface area contributed by atoms with Crippen molar-refractivity contribution in [1.29, 1.82) is 0 Å². The quantitative estimate of drug-likeness (QED) is 0.922. The minimum absolute atomic E-state index is 0.00248. The molecular formula is C16H23N3O3. The van der Waals surface area contributed by atoms with Crippen LogP contribution in [0.3, 0.4) is 0 Å². The van der Waals surface area contributed by atoms with Crippen LogP contribution in [0.2, 0.25) is 0 Å². The van der Waals surface area contributed by atoms with Crippen LogP contribution in [0.25, 0.3) is 0 Å². The summed E-state index contributed by atoms with van der Waals surface area (Å²) < 4.78 is 5.40. The fourth-order valence-electron chi connectivity index (χ4n) is 3.24.